The van der Waals surface area contributed by atoms with Crippen molar-refractivity contribution in [2.75, 3.05) is 13.7 Å². The molecular formula is C25H23N3O9. The van der Waals surface area contributed by atoms with Crippen molar-refractivity contribution in [1.29, 1.82) is 0 Å². The summed E-state index contributed by atoms with van der Waals surface area (Å²) in [5, 5.41) is 24.5. The number of ether oxygens (including phenoxy) is 3. The molecule has 0 aliphatic carbocycles. The Morgan fingerprint density at radius 2 is 1.41 bits per heavy atom. The zero-order valence-corrected chi connectivity index (χ0v) is 20.0. The molecule has 0 bridgehead atoms. The van der Waals surface area contributed by atoms with Crippen LogP contribution in [0.15, 0.2) is 54.6 Å². The lowest BCUT2D eigenvalue weighted by Gasteiger charge is -2.13. The Kier molecular flexibility index (Phi) is 8.71. The van der Waals surface area contributed by atoms with Gasteiger partial charge in [-0.2, -0.15) is 0 Å². The molecule has 1 amide bonds. The molecule has 12 nitrogen and oxygen atoms in total. The number of amides is 1. The molecule has 0 unspecified atom stereocenters. The van der Waals surface area contributed by atoms with Gasteiger partial charge in [-0.25, -0.2) is 0 Å². The van der Waals surface area contributed by atoms with E-state index in [-0.39, 0.29) is 48.4 Å². The third kappa shape index (κ3) is 7.24. The van der Waals surface area contributed by atoms with Crippen LogP contribution in [0.5, 0.6) is 17.2 Å². The van der Waals surface area contributed by atoms with Gasteiger partial charge in [-0.1, -0.05) is 0 Å². The molecular weight excluding hydrogens is 486 g/mol. The number of nitrogens with zero attached hydrogens (tertiary/aromatic N) is 2. The number of aldehydes is 1. The number of aryl methyl sites for hydroxylation is 1. The summed E-state index contributed by atoms with van der Waals surface area (Å²) >= 11 is 0. The minimum absolute atomic E-state index is 0.0136. The molecule has 0 spiro atoms. The highest BCUT2D eigenvalue weighted by Crippen LogP contribution is 2.26. The minimum Gasteiger partial charge on any atom is -0.489 e. The standard InChI is InChI=1S/C25H23N3O9/c1-16-7-20(3-5-23(16)27(31)32)35-13-17-8-18(10-22(9-17)37-15-25(30)26-2)14-36-21-4-6-24(28(33)34)19(11-21)12-29/h3-12H,13-15H2,1-2H3,(H,26,30). The molecule has 0 saturated heterocycles. The number of nitrogens with one attached hydrogen (secondary N) is 1. The van der Waals surface area contributed by atoms with Gasteiger partial charge >= 0.3 is 0 Å². The summed E-state index contributed by atoms with van der Waals surface area (Å²) in [5.74, 6) is 0.738. The van der Waals surface area contributed by atoms with Crippen LogP contribution in [-0.4, -0.2) is 35.7 Å². The SMILES string of the molecule is CNC(=O)COc1cc(COc2ccc([N+](=O)[O-])c(C)c2)cc(COc2ccc([N+](=O)[O-])c(C=O)c2)c1. The summed E-state index contributed by atoms with van der Waals surface area (Å²) in [6.07, 6.45) is 0.383. The normalized spacial score (nSPS) is 10.3. The number of nitro groups is 2. The minimum atomic E-state index is -0.653. The highest BCUT2D eigenvalue weighted by Gasteiger charge is 2.15. The predicted molar refractivity (Wildman–Crippen MR) is 131 cm³/mol. The second kappa shape index (κ2) is 12.1. The number of rotatable bonds is 12. The third-order valence-corrected chi connectivity index (χ3v) is 5.17. The van der Waals surface area contributed by atoms with E-state index in [2.05, 4.69) is 5.32 Å². The van der Waals surface area contributed by atoms with Gasteiger partial charge in [-0.15, -0.1) is 0 Å². The van der Waals surface area contributed by atoms with Crippen molar-refractivity contribution in [1.82, 2.24) is 5.32 Å². The molecule has 0 fully saturated rings. The number of benzene rings is 3. The zero-order chi connectivity index (χ0) is 26.9. The summed E-state index contributed by atoms with van der Waals surface area (Å²) in [5.41, 5.74) is 1.31. The van der Waals surface area contributed by atoms with E-state index in [1.54, 1.807) is 31.2 Å². The van der Waals surface area contributed by atoms with Gasteiger partial charge in [0.15, 0.2) is 12.9 Å². The van der Waals surface area contributed by atoms with Crippen molar-refractivity contribution in [3.8, 4) is 17.2 Å². The summed E-state index contributed by atoms with van der Waals surface area (Å²) in [4.78, 5) is 43.7. The molecule has 0 aliphatic rings. The topological polar surface area (TPSA) is 160 Å². The van der Waals surface area contributed by atoms with Crippen molar-refractivity contribution < 1.29 is 33.6 Å². The maximum Gasteiger partial charge on any atom is 0.280 e. The van der Waals surface area contributed by atoms with E-state index < -0.39 is 9.85 Å². The maximum atomic E-state index is 11.6. The average Bonchev–Trinajstić information content (AvgIpc) is 2.88. The molecule has 0 aromatic heterocycles. The van der Waals surface area contributed by atoms with Crippen molar-refractivity contribution in [3.05, 3.63) is 97.1 Å². The van der Waals surface area contributed by atoms with Crippen molar-refractivity contribution in [2.24, 2.45) is 0 Å². The van der Waals surface area contributed by atoms with E-state index in [0.717, 1.165) is 0 Å². The Morgan fingerprint density at radius 3 is 1.92 bits per heavy atom. The first-order chi connectivity index (χ1) is 17.7. The summed E-state index contributed by atoms with van der Waals surface area (Å²) in [6, 6.07) is 13.4. The lowest BCUT2D eigenvalue weighted by Crippen LogP contribution is -2.24. The first kappa shape index (κ1) is 26.6. The summed E-state index contributed by atoms with van der Waals surface area (Å²) in [7, 11) is 1.49. The van der Waals surface area contributed by atoms with Crippen LogP contribution in [0.25, 0.3) is 0 Å². The second-order valence-electron chi connectivity index (χ2n) is 7.83. The van der Waals surface area contributed by atoms with Crippen LogP contribution in [0.2, 0.25) is 0 Å². The van der Waals surface area contributed by atoms with E-state index >= 15 is 0 Å². The van der Waals surface area contributed by atoms with E-state index in [4.69, 9.17) is 14.2 Å². The fourth-order valence-corrected chi connectivity index (χ4v) is 3.34. The molecule has 192 valence electrons. The Hall–Kier alpha value is -5.00. The molecule has 12 heteroatoms. The van der Waals surface area contributed by atoms with E-state index in [1.165, 1.54) is 37.4 Å². The van der Waals surface area contributed by atoms with E-state index in [0.29, 0.717) is 34.5 Å². The van der Waals surface area contributed by atoms with Crippen LogP contribution >= 0.6 is 0 Å². The molecule has 0 aliphatic heterocycles. The van der Waals surface area contributed by atoms with Crippen LogP contribution in [0.1, 0.15) is 27.0 Å². The van der Waals surface area contributed by atoms with Gasteiger partial charge in [-0.3, -0.25) is 29.8 Å². The van der Waals surface area contributed by atoms with Gasteiger partial charge in [0.05, 0.1) is 15.4 Å². The second-order valence-corrected chi connectivity index (χ2v) is 7.83. The lowest BCUT2D eigenvalue weighted by atomic mass is 10.1. The van der Waals surface area contributed by atoms with Crippen molar-refractivity contribution in [3.63, 3.8) is 0 Å². The average molecular weight is 509 g/mol. The number of hydrogen-bond acceptors (Lipinski definition) is 9. The van der Waals surface area contributed by atoms with E-state index in [1.807, 2.05) is 0 Å². The fourth-order valence-electron chi connectivity index (χ4n) is 3.34. The number of hydrogen-bond donors (Lipinski definition) is 1. The van der Waals surface area contributed by atoms with Crippen LogP contribution in [0.4, 0.5) is 11.4 Å². The quantitative estimate of drug-likeness (QED) is 0.217. The Morgan fingerprint density at radius 1 is 0.838 bits per heavy atom. The first-order valence-corrected chi connectivity index (χ1v) is 10.9. The summed E-state index contributed by atoms with van der Waals surface area (Å²) < 4.78 is 17.1. The Bertz CT molecular complexity index is 1340. The number of likely N-dealkylation sites (N-methyl/N-ethyl adjacent to an activating group) is 1. The number of carbonyl (C=O) groups excluding carboxylic acids is 2. The molecule has 37 heavy (non-hydrogen) atoms. The monoisotopic (exact) mass is 509 g/mol. The van der Waals surface area contributed by atoms with Gasteiger partial charge in [0.1, 0.15) is 30.5 Å². The lowest BCUT2D eigenvalue weighted by molar-refractivity contribution is -0.385. The highest BCUT2D eigenvalue weighted by atomic mass is 16.6. The molecule has 0 atom stereocenters. The molecule has 3 aromatic carbocycles. The molecule has 3 rings (SSSR count). The van der Waals surface area contributed by atoms with Gasteiger partial charge in [-0.05, 0) is 60.5 Å². The third-order valence-electron chi connectivity index (χ3n) is 5.17. The Balaban J connectivity index is 1.79. The molecule has 0 saturated carbocycles. The summed E-state index contributed by atoms with van der Waals surface area (Å²) in [6.45, 7) is 1.51. The smallest absolute Gasteiger partial charge is 0.280 e. The maximum absolute atomic E-state index is 11.6. The van der Waals surface area contributed by atoms with Crippen LogP contribution < -0.4 is 19.5 Å². The van der Waals surface area contributed by atoms with Crippen LogP contribution in [0, 0.1) is 27.2 Å². The van der Waals surface area contributed by atoms with Gasteiger partial charge in [0.2, 0.25) is 0 Å². The first-order valence-electron chi connectivity index (χ1n) is 10.9. The van der Waals surface area contributed by atoms with E-state index in [9.17, 15) is 29.8 Å². The predicted octanol–water partition coefficient (Wildman–Crippen LogP) is 3.91. The van der Waals surface area contributed by atoms with Crippen LogP contribution in [0.3, 0.4) is 0 Å². The highest BCUT2D eigenvalue weighted by molar-refractivity contribution is 5.82. The Labute approximate surface area is 211 Å². The number of carbonyl (C=O) groups is 2. The van der Waals surface area contributed by atoms with Crippen molar-refractivity contribution in [2.45, 2.75) is 20.1 Å². The number of nitro benzene ring substituents is 2. The van der Waals surface area contributed by atoms with Crippen LogP contribution in [-0.2, 0) is 18.0 Å². The zero-order valence-electron chi connectivity index (χ0n) is 20.0. The molecule has 0 heterocycles. The van der Waals surface area contributed by atoms with Gasteiger partial charge in [0, 0.05) is 24.7 Å². The van der Waals surface area contributed by atoms with Crippen molar-refractivity contribution >= 4 is 23.6 Å². The molecule has 3 aromatic rings. The largest absolute Gasteiger partial charge is 0.489 e. The molecule has 0 radical (unpaired) electrons. The molecule has 1 N–H and O–H groups in total. The van der Waals surface area contributed by atoms with Gasteiger partial charge in [0.25, 0.3) is 17.3 Å². The van der Waals surface area contributed by atoms with Gasteiger partial charge < -0.3 is 19.5 Å². The fraction of sp³-hybridized carbons (Fsp3) is 0.200.